The molecule has 2 nitrogen and oxygen atoms in total. The van der Waals surface area contributed by atoms with E-state index in [1.807, 2.05) is 0 Å². The summed E-state index contributed by atoms with van der Waals surface area (Å²) in [5.41, 5.74) is 0. The maximum Gasteiger partial charge on any atom is 0.573 e. The summed E-state index contributed by atoms with van der Waals surface area (Å²) in [6.07, 6.45) is -4.90. The van der Waals surface area contributed by atoms with Crippen LogP contribution >= 0.6 is 15.9 Å². The lowest BCUT2D eigenvalue weighted by Crippen LogP contribution is -2.17. The minimum absolute atomic E-state index is 0.0218. The second-order valence-corrected chi connectivity index (χ2v) is 3.37. The number of alkyl halides is 5. The van der Waals surface area contributed by atoms with Crippen molar-refractivity contribution >= 4 is 15.9 Å². The summed E-state index contributed by atoms with van der Waals surface area (Å²) in [5, 5.41) is 0. The Balaban J connectivity index is 2.90. The number of halogens is 6. The minimum atomic E-state index is -4.90. The second kappa shape index (κ2) is 4.86. The molecule has 90 valence electrons. The van der Waals surface area contributed by atoms with Crippen molar-refractivity contribution in [1.82, 2.24) is 0 Å². The van der Waals surface area contributed by atoms with Crippen LogP contribution in [0.1, 0.15) is 0 Å². The lowest BCUT2D eigenvalue weighted by molar-refractivity contribution is -0.274. The number of ether oxygens (including phenoxy) is 2. The van der Waals surface area contributed by atoms with Crippen molar-refractivity contribution in [3.05, 3.63) is 22.7 Å². The molecule has 0 saturated heterocycles. The first kappa shape index (κ1) is 13.0. The van der Waals surface area contributed by atoms with Crippen LogP contribution in [0.3, 0.4) is 0 Å². The molecule has 16 heavy (non-hydrogen) atoms. The van der Waals surface area contributed by atoms with Gasteiger partial charge in [-0.3, -0.25) is 0 Å². The van der Waals surface area contributed by atoms with Crippen LogP contribution in [0, 0.1) is 0 Å². The van der Waals surface area contributed by atoms with Crippen LogP contribution < -0.4 is 9.47 Å². The molecular formula is C8H4BrF5O2. The average Bonchev–Trinajstić information content (AvgIpc) is 2.07. The van der Waals surface area contributed by atoms with Crippen LogP contribution in [0.15, 0.2) is 22.7 Å². The molecule has 1 aromatic carbocycles. The summed E-state index contributed by atoms with van der Waals surface area (Å²) in [7, 11) is 0. The van der Waals surface area contributed by atoms with Gasteiger partial charge in [-0.1, -0.05) is 0 Å². The van der Waals surface area contributed by atoms with Gasteiger partial charge in [-0.25, -0.2) is 0 Å². The van der Waals surface area contributed by atoms with Gasteiger partial charge < -0.3 is 9.47 Å². The van der Waals surface area contributed by atoms with Gasteiger partial charge in [-0.05, 0) is 28.1 Å². The van der Waals surface area contributed by atoms with E-state index in [1.54, 1.807) is 0 Å². The van der Waals surface area contributed by atoms with Crippen LogP contribution in [-0.4, -0.2) is 13.0 Å². The zero-order valence-electron chi connectivity index (χ0n) is 7.39. The largest absolute Gasteiger partial charge is 0.573 e. The van der Waals surface area contributed by atoms with Crippen molar-refractivity contribution in [3.63, 3.8) is 0 Å². The molecule has 0 aliphatic heterocycles. The Morgan fingerprint density at radius 3 is 2.31 bits per heavy atom. The zero-order valence-corrected chi connectivity index (χ0v) is 8.98. The fraction of sp³-hybridized carbons (Fsp3) is 0.250. The summed E-state index contributed by atoms with van der Waals surface area (Å²) in [4.78, 5) is 0. The Hall–Kier alpha value is -1.05. The third-order valence-corrected chi connectivity index (χ3v) is 2.01. The quantitative estimate of drug-likeness (QED) is 0.787. The van der Waals surface area contributed by atoms with Crippen LogP contribution in [0.25, 0.3) is 0 Å². The number of hydrogen-bond donors (Lipinski definition) is 0. The fourth-order valence-electron chi connectivity index (χ4n) is 0.863. The van der Waals surface area contributed by atoms with E-state index in [-0.39, 0.29) is 4.47 Å². The summed E-state index contributed by atoms with van der Waals surface area (Å²) in [5.74, 6) is -1.07. The zero-order chi connectivity index (χ0) is 12.3. The Bertz CT molecular complexity index is 366. The van der Waals surface area contributed by atoms with Crippen molar-refractivity contribution in [1.29, 1.82) is 0 Å². The SMILES string of the molecule is FC(F)Oc1ccc(Br)c(OC(F)(F)F)c1. The highest BCUT2D eigenvalue weighted by molar-refractivity contribution is 9.10. The van der Waals surface area contributed by atoms with Gasteiger partial charge in [0.05, 0.1) is 4.47 Å². The van der Waals surface area contributed by atoms with Crippen LogP contribution in [-0.2, 0) is 0 Å². The maximum atomic E-state index is 11.9. The molecule has 0 N–H and O–H groups in total. The Kier molecular flexibility index (Phi) is 3.95. The van der Waals surface area contributed by atoms with Gasteiger partial charge >= 0.3 is 13.0 Å². The molecule has 0 aliphatic carbocycles. The normalized spacial score (nSPS) is 11.7. The van der Waals surface area contributed by atoms with Gasteiger partial charge in [0, 0.05) is 6.07 Å². The van der Waals surface area contributed by atoms with Crippen molar-refractivity contribution in [2.75, 3.05) is 0 Å². The molecule has 0 atom stereocenters. The van der Waals surface area contributed by atoms with E-state index in [2.05, 4.69) is 25.4 Å². The van der Waals surface area contributed by atoms with Crippen LogP contribution in [0.4, 0.5) is 22.0 Å². The van der Waals surface area contributed by atoms with Crippen molar-refractivity contribution in [2.24, 2.45) is 0 Å². The first-order chi connectivity index (χ1) is 7.28. The van der Waals surface area contributed by atoms with E-state index in [0.29, 0.717) is 6.07 Å². The highest BCUT2D eigenvalue weighted by Gasteiger charge is 2.32. The van der Waals surface area contributed by atoms with Crippen LogP contribution in [0.5, 0.6) is 11.5 Å². The highest BCUT2D eigenvalue weighted by Crippen LogP contribution is 2.33. The van der Waals surface area contributed by atoms with E-state index >= 15 is 0 Å². The number of benzene rings is 1. The first-order valence-electron chi connectivity index (χ1n) is 3.78. The molecule has 0 bridgehead atoms. The van der Waals surface area contributed by atoms with Crippen molar-refractivity contribution in [3.8, 4) is 11.5 Å². The van der Waals surface area contributed by atoms with Gasteiger partial charge in [-0.15, -0.1) is 13.2 Å². The third kappa shape index (κ3) is 4.21. The lowest BCUT2D eigenvalue weighted by atomic mass is 10.3. The fourth-order valence-corrected chi connectivity index (χ4v) is 1.19. The molecule has 0 saturated carbocycles. The molecule has 0 heterocycles. The maximum absolute atomic E-state index is 11.9. The first-order valence-corrected chi connectivity index (χ1v) is 4.57. The van der Waals surface area contributed by atoms with Gasteiger partial charge in [0.1, 0.15) is 11.5 Å². The van der Waals surface area contributed by atoms with Crippen LogP contribution in [0.2, 0.25) is 0 Å². The smallest absolute Gasteiger partial charge is 0.435 e. The summed E-state index contributed by atoms with van der Waals surface area (Å²) in [6, 6.07) is 2.90. The standard InChI is InChI=1S/C8H4BrF5O2/c9-5-2-1-4(15-7(10)11)3-6(5)16-8(12,13)14/h1-3,7H. The summed E-state index contributed by atoms with van der Waals surface area (Å²) < 4.78 is 66.7. The second-order valence-electron chi connectivity index (χ2n) is 2.52. The minimum Gasteiger partial charge on any atom is -0.435 e. The van der Waals surface area contributed by atoms with Gasteiger partial charge in [-0.2, -0.15) is 8.78 Å². The number of rotatable bonds is 3. The topological polar surface area (TPSA) is 18.5 Å². The Morgan fingerprint density at radius 1 is 1.19 bits per heavy atom. The van der Waals surface area contributed by atoms with Crippen molar-refractivity contribution < 1.29 is 31.4 Å². The van der Waals surface area contributed by atoms with E-state index in [9.17, 15) is 22.0 Å². The molecule has 0 amide bonds. The molecule has 0 spiro atoms. The molecule has 1 rings (SSSR count). The van der Waals surface area contributed by atoms with E-state index < -0.39 is 24.5 Å². The molecular weight excluding hydrogens is 303 g/mol. The lowest BCUT2D eigenvalue weighted by Gasteiger charge is -2.12. The van der Waals surface area contributed by atoms with E-state index in [0.717, 1.165) is 12.1 Å². The number of hydrogen-bond acceptors (Lipinski definition) is 2. The molecule has 0 radical (unpaired) electrons. The molecule has 0 aromatic heterocycles. The molecule has 8 heteroatoms. The highest BCUT2D eigenvalue weighted by atomic mass is 79.9. The van der Waals surface area contributed by atoms with E-state index in [1.165, 1.54) is 0 Å². The summed E-state index contributed by atoms with van der Waals surface area (Å²) >= 11 is 2.78. The predicted octanol–water partition coefficient (Wildman–Crippen LogP) is 3.95. The molecule has 1 aromatic rings. The van der Waals surface area contributed by atoms with Gasteiger partial charge in [0.2, 0.25) is 0 Å². The Labute approximate surface area is 95.1 Å². The molecule has 0 aliphatic rings. The van der Waals surface area contributed by atoms with Crippen molar-refractivity contribution in [2.45, 2.75) is 13.0 Å². The summed E-state index contributed by atoms with van der Waals surface area (Å²) in [6.45, 7) is -3.11. The Morgan fingerprint density at radius 2 is 1.81 bits per heavy atom. The molecule has 0 unspecified atom stereocenters. The molecule has 0 fully saturated rings. The van der Waals surface area contributed by atoms with Gasteiger partial charge in [0.25, 0.3) is 0 Å². The monoisotopic (exact) mass is 306 g/mol. The third-order valence-electron chi connectivity index (χ3n) is 1.35. The van der Waals surface area contributed by atoms with E-state index in [4.69, 9.17) is 0 Å². The predicted molar refractivity (Wildman–Crippen MR) is 47.5 cm³/mol. The van der Waals surface area contributed by atoms with Gasteiger partial charge in [0.15, 0.2) is 0 Å². The average molecular weight is 307 g/mol.